The molecular weight excluding hydrogens is 309 g/mol. The Morgan fingerprint density at radius 3 is 2.88 bits per heavy atom. The van der Waals surface area contributed by atoms with Crippen LogP contribution in [-0.4, -0.2) is 18.5 Å². The highest BCUT2D eigenvalue weighted by Gasteiger charge is 2.25. The molecule has 0 radical (unpaired) electrons. The summed E-state index contributed by atoms with van der Waals surface area (Å²) in [5.74, 6) is -0.0706. The van der Waals surface area contributed by atoms with E-state index in [4.69, 9.17) is 9.47 Å². The molecule has 4 rings (SSSR count). The maximum Gasteiger partial charge on any atom is 0.363 e. The van der Waals surface area contributed by atoms with Crippen LogP contribution >= 0.6 is 0 Å². The number of esters is 1. The number of benzene rings is 2. The van der Waals surface area contributed by atoms with E-state index in [-0.39, 0.29) is 11.6 Å². The average molecular weight is 321 g/mol. The van der Waals surface area contributed by atoms with Crippen LogP contribution in [0.5, 0.6) is 5.75 Å². The molecule has 118 valence electrons. The van der Waals surface area contributed by atoms with Crippen LogP contribution in [0.1, 0.15) is 11.1 Å². The van der Waals surface area contributed by atoms with E-state index in [1.165, 1.54) is 18.2 Å². The molecular formula is C19H12FNO3. The molecule has 0 unspecified atom stereocenters. The smallest absolute Gasteiger partial charge is 0.363 e. The second-order valence-electron chi connectivity index (χ2n) is 5.39. The number of hydrogen-bond acceptors (Lipinski definition) is 4. The van der Waals surface area contributed by atoms with Gasteiger partial charge in [-0.05, 0) is 42.0 Å². The topological polar surface area (TPSA) is 47.9 Å². The Bertz CT molecular complexity index is 928. The lowest BCUT2D eigenvalue weighted by Crippen LogP contribution is -2.08. The van der Waals surface area contributed by atoms with Crippen LogP contribution in [0, 0.1) is 5.82 Å². The highest BCUT2D eigenvalue weighted by Crippen LogP contribution is 2.27. The number of rotatable bonds is 2. The van der Waals surface area contributed by atoms with Crippen LogP contribution in [-0.2, 0) is 9.53 Å². The van der Waals surface area contributed by atoms with Crippen LogP contribution in [0.25, 0.3) is 6.08 Å². The van der Waals surface area contributed by atoms with E-state index in [9.17, 15) is 9.18 Å². The van der Waals surface area contributed by atoms with Gasteiger partial charge in [0.15, 0.2) is 5.70 Å². The average Bonchev–Trinajstić information content (AvgIpc) is 2.96. The minimum Gasteiger partial charge on any atom is -0.488 e. The maximum absolute atomic E-state index is 13.3. The molecule has 0 atom stereocenters. The number of halogens is 1. The van der Waals surface area contributed by atoms with Gasteiger partial charge in [-0.25, -0.2) is 14.2 Å². The largest absolute Gasteiger partial charge is 0.488 e. The van der Waals surface area contributed by atoms with E-state index in [2.05, 4.69) is 4.99 Å². The van der Waals surface area contributed by atoms with Gasteiger partial charge in [-0.2, -0.15) is 0 Å². The minimum atomic E-state index is -0.561. The molecule has 4 nitrogen and oxygen atoms in total. The van der Waals surface area contributed by atoms with Gasteiger partial charge in [-0.1, -0.05) is 24.3 Å². The predicted molar refractivity (Wildman–Crippen MR) is 87.0 cm³/mol. The molecule has 0 saturated heterocycles. The zero-order chi connectivity index (χ0) is 16.5. The van der Waals surface area contributed by atoms with E-state index in [0.29, 0.717) is 12.2 Å². The fourth-order valence-corrected chi connectivity index (χ4v) is 2.55. The first-order chi connectivity index (χ1) is 11.7. The van der Waals surface area contributed by atoms with Crippen LogP contribution in [0.15, 0.2) is 70.9 Å². The number of ether oxygens (including phenoxy) is 2. The number of carbonyl (C=O) groups is 1. The zero-order valence-electron chi connectivity index (χ0n) is 12.5. The Kier molecular flexibility index (Phi) is 3.46. The third-order valence-electron chi connectivity index (χ3n) is 3.67. The number of carbonyl (C=O) groups excluding carboxylic acids is 1. The van der Waals surface area contributed by atoms with Gasteiger partial charge in [-0.3, -0.25) is 0 Å². The molecule has 24 heavy (non-hydrogen) atoms. The zero-order valence-corrected chi connectivity index (χ0v) is 12.5. The van der Waals surface area contributed by atoms with Gasteiger partial charge >= 0.3 is 5.97 Å². The Hall–Kier alpha value is -3.21. The lowest BCUT2D eigenvalue weighted by molar-refractivity contribution is -0.130. The summed E-state index contributed by atoms with van der Waals surface area (Å²) in [6.45, 7) is 0.346. The van der Waals surface area contributed by atoms with Crippen LogP contribution in [0.3, 0.4) is 0 Å². The number of para-hydroxylation sites is 1. The summed E-state index contributed by atoms with van der Waals surface area (Å²) in [4.78, 5) is 16.2. The summed E-state index contributed by atoms with van der Waals surface area (Å²) in [5, 5.41) is 0. The normalized spacial score (nSPS) is 17.7. The first-order valence-electron chi connectivity index (χ1n) is 7.40. The van der Waals surface area contributed by atoms with E-state index in [0.717, 1.165) is 16.9 Å². The van der Waals surface area contributed by atoms with Gasteiger partial charge in [0.1, 0.15) is 18.2 Å². The van der Waals surface area contributed by atoms with Crippen molar-refractivity contribution >= 4 is 17.9 Å². The molecule has 2 aromatic rings. The van der Waals surface area contributed by atoms with Gasteiger partial charge in [0.2, 0.25) is 5.90 Å². The molecule has 0 bridgehead atoms. The van der Waals surface area contributed by atoms with Crippen molar-refractivity contribution in [1.29, 1.82) is 0 Å². The summed E-state index contributed by atoms with van der Waals surface area (Å²) in [5.41, 5.74) is 2.34. The van der Waals surface area contributed by atoms with E-state index < -0.39 is 11.8 Å². The van der Waals surface area contributed by atoms with Gasteiger partial charge in [0.05, 0.1) is 0 Å². The maximum atomic E-state index is 13.3. The number of hydrogen-bond donors (Lipinski definition) is 0. The van der Waals surface area contributed by atoms with E-state index in [1.807, 2.05) is 30.3 Å². The highest BCUT2D eigenvalue weighted by molar-refractivity contribution is 6.11. The molecule has 0 spiro atoms. The summed E-state index contributed by atoms with van der Waals surface area (Å²) in [6.07, 6.45) is 3.57. The van der Waals surface area contributed by atoms with Crippen molar-refractivity contribution in [1.82, 2.24) is 0 Å². The Morgan fingerprint density at radius 2 is 2.00 bits per heavy atom. The molecule has 2 heterocycles. The summed E-state index contributed by atoms with van der Waals surface area (Å²) >= 11 is 0. The lowest BCUT2D eigenvalue weighted by atomic mass is 10.1. The van der Waals surface area contributed by atoms with Crippen LogP contribution in [0.2, 0.25) is 0 Å². The molecule has 0 aromatic heterocycles. The molecule has 0 amide bonds. The van der Waals surface area contributed by atoms with Crippen LogP contribution in [0.4, 0.5) is 4.39 Å². The molecule has 0 saturated carbocycles. The van der Waals surface area contributed by atoms with Gasteiger partial charge in [-0.15, -0.1) is 0 Å². The van der Waals surface area contributed by atoms with Crippen LogP contribution < -0.4 is 4.74 Å². The molecule has 2 aromatic carbocycles. The number of cyclic esters (lactones) is 1. The van der Waals surface area contributed by atoms with Crippen molar-refractivity contribution in [3.05, 3.63) is 82.8 Å². The Balaban J connectivity index is 1.66. The lowest BCUT2D eigenvalue weighted by Gasteiger charge is -2.15. The van der Waals surface area contributed by atoms with Crippen molar-refractivity contribution in [2.45, 2.75) is 0 Å². The number of nitrogens with zero attached hydrogens (tertiary/aromatic N) is 1. The molecule has 0 N–H and O–H groups in total. The fourth-order valence-electron chi connectivity index (χ4n) is 2.55. The third-order valence-corrected chi connectivity index (χ3v) is 3.67. The van der Waals surface area contributed by atoms with E-state index in [1.54, 1.807) is 12.1 Å². The predicted octanol–water partition coefficient (Wildman–Crippen LogP) is 3.49. The molecule has 2 aliphatic rings. The minimum absolute atomic E-state index is 0.100. The van der Waals surface area contributed by atoms with Crippen molar-refractivity contribution in [3.8, 4) is 5.75 Å². The summed E-state index contributed by atoms with van der Waals surface area (Å²) in [7, 11) is 0. The van der Waals surface area contributed by atoms with Crippen molar-refractivity contribution in [3.63, 3.8) is 0 Å². The number of aliphatic imine (C=N–C) groups is 1. The van der Waals surface area contributed by atoms with Gasteiger partial charge in [0.25, 0.3) is 0 Å². The van der Waals surface area contributed by atoms with E-state index >= 15 is 0 Å². The first kappa shape index (κ1) is 14.4. The van der Waals surface area contributed by atoms with Crippen molar-refractivity contribution < 1.29 is 18.7 Å². The first-order valence-corrected chi connectivity index (χ1v) is 7.40. The Morgan fingerprint density at radius 1 is 1.12 bits per heavy atom. The standard InChI is InChI=1S/C19H12FNO3/c20-15-6-3-5-14(10-15)18-21-16(19(22)24-18)9-12-8-13-4-1-2-7-17(13)23-11-12/h1-10H,11H2/b16-9-. The third kappa shape index (κ3) is 2.72. The SMILES string of the molecule is O=C1OC(c2cccc(F)c2)=N/C1=C\C1=Cc2ccccc2OC1. The highest BCUT2D eigenvalue weighted by atomic mass is 19.1. The molecule has 0 aliphatic carbocycles. The Labute approximate surface area is 137 Å². The van der Waals surface area contributed by atoms with Gasteiger partial charge in [0, 0.05) is 11.1 Å². The van der Waals surface area contributed by atoms with Crippen molar-refractivity contribution in [2.75, 3.05) is 6.61 Å². The fraction of sp³-hybridized carbons (Fsp3) is 0.0526. The molecule has 0 fully saturated rings. The summed E-state index contributed by atoms with van der Waals surface area (Å²) in [6, 6.07) is 13.4. The second kappa shape index (κ2) is 5.77. The quantitative estimate of drug-likeness (QED) is 0.628. The molecule has 2 aliphatic heterocycles. The monoisotopic (exact) mass is 321 g/mol. The van der Waals surface area contributed by atoms with Crippen molar-refractivity contribution in [2.24, 2.45) is 4.99 Å². The summed E-state index contributed by atoms with van der Waals surface area (Å²) < 4.78 is 24.1. The van der Waals surface area contributed by atoms with Gasteiger partial charge < -0.3 is 9.47 Å². The molecule has 5 heteroatoms. The second-order valence-corrected chi connectivity index (χ2v) is 5.39. The number of fused-ring (bicyclic) bond motifs is 1.